The van der Waals surface area contributed by atoms with E-state index >= 15 is 0 Å². The van der Waals surface area contributed by atoms with Crippen molar-refractivity contribution in [2.24, 2.45) is 0 Å². The molecule has 116 valence electrons. The number of aryl methyl sites for hydroxylation is 1. The Labute approximate surface area is 126 Å². The fourth-order valence-corrected chi connectivity index (χ4v) is 5.29. The van der Waals surface area contributed by atoms with E-state index in [9.17, 15) is 8.42 Å². The molecule has 1 aromatic carbocycles. The van der Waals surface area contributed by atoms with E-state index in [2.05, 4.69) is 4.90 Å². The number of piperidine rings is 1. The van der Waals surface area contributed by atoms with Gasteiger partial charge in [0.25, 0.3) is 0 Å². The standard InChI is InChI=1S/C15H23N3O2S/c1-12-5-4-7-14(16)15(12)21(19,20)18-10-9-17-8-3-2-6-13(17)11-18/h4-5,7,13H,2-3,6,8-11,16H2,1H3. The molecule has 21 heavy (non-hydrogen) atoms. The molecule has 0 bridgehead atoms. The number of rotatable bonds is 2. The monoisotopic (exact) mass is 309 g/mol. The molecule has 0 radical (unpaired) electrons. The molecule has 5 nitrogen and oxygen atoms in total. The van der Waals surface area contributed by atoms with Crippen LogP contribution in [0.2, 0.25) is 0 Å². The van der Waals surface area contributed by atoms with E-state index in [4.69, 9.17) is 5.73 Å². The van der Waals surface area contributed by atoms with E-state index in [0.29, 0.717) is 24.8 Å². The number of fused-ring (bicyclic) bond motifs is 1. The molecule has 2 aliphatic heterocycles. The summed E-state index contributed by atoms with van der Waals surface area (Å²) in [7, 11) is -3.49. The zero-order chi connectivity index (χ0) is 15.0. The molecule has 0 saturated carbocycles. The van der Waals surface area contributed by atoms with Gasteiger partial charge < -0.3 is 5.73 Å². The summed E-state index contributed by atoms with van der Waals surface area (Å²) in [6.45, 7) is 4.89. The van der Waals surface area contributed by atoms with Crippen molar-refractivity contribution in [3.63, 3.8) is 0 Å². The van der Waals surface area contributed by atoms with Gasteiger partial charge in [0, 0.05) is 25.7 Å². The third-order valence-electron chi connectivity index (χ3n) is 4.64. The summed E-state index contributed by atoms with van der Waals surface area (Å²) in [5, 5.41) is 0. The van der Waals surface area contributed by atoms with Gasteiger partial charge in [0.2, 0.25) is 10.0 Å². The Balaban J connectivity index is 1.89. The smallest absolute Gasteiger partial charge is 0.245 e. The minimum atomic E-state index is -3.49. The lowest BCUT2D eigenvalue weighted by Crippen LogP contribution is -2.56. The minimum absolute atomic E-state index is 0.286. The number of sulfonamides is 1. The van der Waals surface area contributed by atoms with Crippen LogP contribution < -0.4 is 5.73 Å². The van der Waals surface area contributed by atoms with Crippen LogP contribution in [0, 0.1) is 6.92 Å². The van der Waals surface area contributed by atoms with Crippen LogP contribution >= 0.6 is 0 Å². The molecule has 0 aromatic heterocycles. The molecule has 1 atom stereocenters. The Morgan fingerprint density at radius 2 is 2.00 bits per heavy atom. The van der Waals surface area contributed by atoms with Gasteiger partial charge in [0.05, 0.1) is 5.69 Å². The van der Waals surface area contributed by atoms with Gasteiger partial charge in [-0.05, 0) is 37.9 Å². The highest BCUT2D eigenvalue weighted by Crippen LogP contribution is 2.29. The molecule has 0 aliphatic carbocycles. The number of nitrogen functional groups attached to an aromatic ring is 1. The Morgan fingerprint density at radius 3 is 2.76 bits per heavy atom. The zero-order valence-corrected chi connectivity index (χ0v) is 13.3. The normalized spacial score (nSPS) is 24.7. The molecule has 1 aromatic rings. The summed E-state index contributed by atoms with van der Waals surface area (Å²) in [5.74, 6) is 0. The third kappa shape index (κ3) is 2.67. The van der Waals surface area contributed by atoms with Crippen LogP contribution in [0.25, 0.3) is 0 Å². The number of anilines is 1. The van der Waals surface area contributed by atoms with Gasteiger partial charge in [0.15, 0.2) is 0 Å². The van der Waals surface area contributed by atoms with Gasteiger partial charge in [-0.1, -0.05) is 18.6 Å². The lowest BCUT2D eigenvalue weighted by Gasteiger charge is -2.43. The second-order valence-electron chi connectivity index (χ2n) is 6.04. The topological polar surface area (TPSA) is 66.6 Å². The van der Waals surface area contributed by atoms with Crippen LogP contribution in [0.5, 0.6) is 0 Å². The number of piperazine rings is 1. The predicted octanol–water partition coefficient (Wildman–Crippen LogP) is 1.44. The molecule has 0 amide bonds. The van der Waals surface area contributed by atoms with Crippen molar-refractivity contribution >= 4 is 15.7 Å². The highest BCUT2D eigenvalue weighted by molar-refractivity contribution is 7.89. The summed E-state index contributed by atoms with van der Waals surface area (Å²) >= 11 is 0. The second kappa shape index (κ2) is 5.59. The van der Waals surface area contributed by atoms with Crippen molar-refractivity contribution in [2.75, 3.05) is 31.9 Å². The number of nitrogens with zero attached hydrogens (tertiary/aromatic N) is 2. The van der Waals surface area contributed by atoms with Crippen LogP contribution in [0.15, 0.2) is 23.1 Å². The maximum Gasteiger partial charge on any atom is 0.245 e. The van der Waals surface area contributed by atoms with Crippen LogP contribution in [0.1, 0.15) is 24.8 Å². The average Bonchev–Trinajstić information content (AvgIpc) is 2.46. The van der Waals surface area contributed by atoms with E-state index in [1.807, 2.05) is 0 Å². The number of nitrogens with two attached hydrogens (primary N) is 1. The molecule has 2 fully saturated rings. The molecular weight excluding hydrogens is 286 g/mol. The van der Waals surface area contributed by atoms with Gasteiger partial charge in [0.1, 0.15) is 4.90 Å². The summed E-state index contributed by atoms with van der Waals surface area (Å²) in [5.41, 5.74) is 7.00. The quantitative estimate of drug-likeness (QED) is 0.840. The van der Waals surface area contributed by atoms with E-state index in [-0.39, 0.29) is 4.90 Å². The number of hydrogen-bond acceptors (Lipinski definition) is 4. The van der Waals surface area contributed by atoms with Crippen LogP contribution in [0.4, 0.5) is 5.69 Å². The molecule has 2 saturated heterocycles. The first kappa shape index (κ1) is 14.8. The molecule has 2 aliphatic rings. The van der Waals surface area contributed by atoms with Gasteiger partial charge in [-0.3, -0.25) is 4.90 Å². The molecule has 2 N–H and O–H groups in total. The molecule has 6 heteroatoms. The van der Waals surface area contributed by atoms with Crippen LogP contribution in [-0.4, -0.2) is 49.8 Å². The summed E-state index contributed by atoms with van der Waals surface area (Å²) in [6.07, 6.45) is 3.52. The van der Waals surface area contributed by atoms with Crippen molar-refractivity contribution in [2.45, 2.75) is 37.1 Å². The maximum absolute atomic E-state index is 12.9. The van der Waals surface area contributed by atoms with Crippen molar-refractivity contribution in [1.29, 1.82) is 0 Å². The molecular formula is C15H23N3O2S. The Kier molecular flexibility index (Phi) is 3.94. The highest BCUT2D eigenvalue weighted by atomic mass is 32.2. The largest absolute Gasteiger partial charge is 0.398 e. The maximum atomic E-state index is 12.9. The van der Waals surface area contributed by atoms with Gasteiger partial charge in [-0.25, -0.2) is 8.42 Å². The molecule has 0 spiro atoms. The lowest BCUT2D eigenvalue weighted by molar-refractivity contribution is 0.0852. The summed E-state index contributed by atoms with van der Waals surface area (Å²) in [4.78, 5) is 2.71. The SMILES string of the molecule is Cc1cccc(N)c1S(=O)(=O)N1CCN2CCCCC2C1. The Morgan fingerprint density at radius 1 is 1.19 bits per heavy atom. The van der Waals surface area contributed by atoms with E-state index in [1.165, 1.54) is 12.8 Å². The van der Waals surface area contributed by atoms with Crippen LogP contribution in [0.3, 0.4) is 0 Å². The van der Waals surface area contributed by atoms with Gasteiger partial charge in [-0.15, -0.1) is 0 Å². The predicted molar refractivity (Wildman–Crippen MR) is 83.6 cm³/mol. The fraction of sp³-hybridized carbons (Fsp3) is 0.600. The zero-order valence-electron chi connectivity index (χ0n) is 12.5. The van der Waals surface area contributed by atoms with Crippen molar-refractivity contribution in [1.82, 2.24) is 9.21 Å². The number of benzene rings is 1. The molecule has 1 unspecified atom stereocenters. The summed E-state index contributed by atoms with van der Waals surface area (Å²) < 4.78 is 27.5. The second-order valence-corrected chi connectivity index (χ2v) is 7.92. The highest BCUT2D eigenvalue weighted by Gasteiger charge is 2.36. The molecule has 2 heterocycles. The summed E-state index contributed by atoms with van der Waals surface area (Å²) in [6, 6.07) is 5.63. The third-order valence-corrected chi connectivity index (χ3v) is 6.73. The van der Waals surface area contributed by atoms with Crippen molar-refractivity contribution in [3.05, 3.63) is 23.8 Å². The first-order chi connectivity index (χ1) is 10.00. The van der Waals surface area contributed by atoms with Gasteiger partial charge >= 0.3 is 0 Å². The first-order valence-corrected chi connectivity index (χ1v) is 9.03. The van der Waals surface area contributed by atoms with Gasteiger partial charge in [-0.2, -0.15) is 4.31 Å². The van der Waals surface area contributed by atoms with Crippen molar-refractivity contribution < 1.29 is 8.42 Å². The minimum Gasteiger partial charge on any atom is -0.398 e. The van der Waals surface area contributed by atoms with E-state index in [0.717, 1.165) is 25.1 Å². The van der Waals surface area contributed by atoms with Crippen molar-refractivity contribution in [3.8, 4) is 0 Å². The Hall–Kier alpha value is -1.11. The fourth-order valence-electron chi connectivity index (χ4n) is 3.50. The lowest BCUT2D eigenvalue weighted by atomic mass is 10.0. The van der Waals surface area contributed by atoms with E-state index in [1.54, 1.807) is 29.4 Å². The Bertz CT molecular complexity index is 610. The van der Waals surface area contributed by atoms with E-state index < -0.39 is 10.0 Å². The van der Waals surface area contributed by atoms with Crippen LogP contribution in [-0.2, 0) is 10.0 Å². The number of hydrogen-bond donors (Lipinski definition) is 1. The first-order valence-electron chi connectivity index (χ1n) is 7.59. The molecule has 3 rings (SSSR count). The average molecular weight is 309 g/mol.